The molecule has 0 unspecified atom stereocenters. The maximum absolute atomic E-state index is 12.5. The molecule has 27 heavy (non-hydrogen) atoms. The highest BCUT2D eigenvalue weighted by molar-refractivity contribution is 6.38. The molecule has 1 aliphatic rings. The minimum atomic E-state index is -0.544. The molecule has 140 valence electrons. The van der Waals surface area contributed by atoms with Gasteiger partial charge in [0, 0.05) is 43.7 Å². The average Bonchev–Trinajstić information content (AvgIpc) is 3.05. The lowest BCUT2D eigenvalue weighted by Gasteiger charge is -2.25. The Balaban J connectivity index is 1.90. The first kappa shape index (κ1) is 18.0. The Morgan fingerprint density at radius 1 is 1.07 bits per heavy atom. The van der Waals surface area contributed by atoms with Crippen LogP contribution in [-0.2, 0) is 4.74 Å². The molecule has 0 radical (unpaired) electrons. The zero-order valence-corrected chi connectivity index (χ0v) is 15.6. The molecule has 1 aliphatic heterocycles. The first-order valence-electron chi connectivity index (χ1n) is 8.41. The van der Waals surface area contributed by atoms with Crippen LogP contribution in [0.3, 0.4) is 0 Å². The summed E-state index contributed by atoms with van der Waals surface area (Å²) < 4.78 is 8.93. The zero-order chi connectivity index (χ0) is 19.1. The summed E-state index contributed by atoms with van der Waals surface area (Å²) in [7, 11) is 0. The third-order valence-electron chi connectivity index (χ3n) is 4.79. The summed E-state index contributed by atoms with van der Waals surface area (Å²) in [4.78, 5) is 23.0. The number of hydrogen-bond acceptors (Lipinski definition) is 4. The molecular formula is C18H15Cl2N3O4. The lowest BCUT2D eigenvalue weighted by atomic mass is 10.1. The van der Waals surface area contributed by atoms with E-state index in [1.165, 1.54) is 18.2 Å². The highest BCUT2D eigenvalue weighted by Gasteiger charge is 2.22. The van der Waals surface area contributed by atoms with Gasteiger partial charge in [0.1, 0.15) is 0 Å². The van der Waals surface area contributed by atoms with Crippen LogP contribution in [0.5, 0.6) is 0 Å². The number of ether oxygens (including phenoxy) is 1. The van der Waals surface area contributed by atoms with Gasteiger partial charge in [-0.25, -0.2) is 0 Å². The molecule has 0 atom stereocenters. The normalized spacial score (nSPS) is 15.3. The van der Waals surface area contributed by atoms with Crippen LogP contribution < -0.4 is 5.56 Å². The van der Waals surface area contributed by atoms with Crippen LogP contribution in [0.1, 0.15) is 18.9 Å². The molecule has 3 heterocycles. The largest absolute Gasteiger partial charge is 0.381 e. The van der Waals surface area contributed by atoms with Crippen LogP contribution in [0.25, 0.3) is 16.7 Å². The molecule has 2 aromatic heterocycles. The molecule has 0 saturated carbocycles. The lowest BCUT2D eigenvalue weighted by molar-refractivity contribution is -0.384. The Kier molecular flexibility index (Phi) is 4.67. The van der Waals surface area contributed by atoms with E-state index in [-0.39, 0.29) is 27.3 Å². The van der Waals surface area contributed by atoms with Gasteiger partial charge in [0.2, 0.25) is 0 Å². The van der Waals surface area contributed by atoms with Gasteiger partial charge in [-0.2, -0.15) is 0 Å². The van der Waals surface area contributed by atoms with E-state index in [1.807, 2.05) is 6.07 Å². The Labute approximate surface area is 163 Å². The average molecular weight is 408 g/mol. The number of rotatable bonds is 3. The molecule has 1 aromatic carbocycles. The third-order valence-corrected chi connectivity index (χ3v) is 5.37. The van der Waals surface area contributed by atoms with Crippen LogP contribution in [0.4, 0.5) is 5.69 Å². The predicted octanol–water partition coefficient (Wildman–Crippen LogP) is 4.36. The summed E-state index contributed by atoms with van der Waals surface area (Å²) >= 11 is 12.6. The standard InChI is InChI=1S/C18H15Cl2N3O4/c19-13-9-12(23(25)26)10-14(20)18(13)21-6-3-16-15(21)1-2-17(24)22(16)11-4-7-27-8-5-11/h1-3,6,9-11H,4-5,7-8H2. The number of pyridine rings is 1. The van der Waals surface area contributed by atoms with Gasteiger partial charge in [0.05, 0.1) is 31.7 Å². The smallest absolute Gasteiger partial charge is 0.272 e. The van der Waals surface area contributed by atoms with Crippen molar-refractivity contribution < 1.29 is 9.66 Å². The maximum Gasteiger partial charge on any atom is 0.272 e. The fourth-order valence-electron chi connectivity index (χ4n) is 3.56. The van der Waals surface area contributed by atoms with E-state index in [0.717, 1.165) is 23.9 Å². The van der Waals surface area contributed by atoms with Crippen LogP contribution in [0.2, 0.25) is 10.0 Å². The maximum atomic E-state index is 12.5. The number of nitro benzene ring substituents is 1. The van der Waals surface area contributed by atoms with Gasteiger partial charge < -0.3 is 13.9 Å². The molecule has 7 nitrogen and oxygen atoms in total. The minimum absolute atomic E-state index is 0.0635. The van der Waals surface area contributed by atoms with Crippen molar-refractivity contribution >= 4 is 39.9 Å². The monoisotopic (exact) mass is 407 g/mol. The number of hydrogen-bond donors (Lipinski definition) is 0. The molecule has 0 aliphatic carbocycles. The fourth-order valence-corrected chi connectivity index (χ4v) is 4.21. The predicted molar refractivity (Wildman–Crippen MR) is 103 cm³/mol. The summed E-state index contributed by atoms with van der Waals surface area (Å²) in [6.07, 6.45) is 3.30. The molecule has 4 rings (SSSR count). The second-order valence-corrected chi connectivity index (χ2v) is 7.17. The van der Waals surface area contributed by atoms with Gasteiger partial charge >= 0.3 is 0 Å². The summed E-state index contributed by atoms with van der Waals surface area (Å²) in [6.45, 7) is 1.24. The lowest BCUT2D eigenvalue weighted by Crippen LogP contribution is -2.28. The van der Waals surface area contributed by atoms with E-state index >= 15 is 0 Å². The molecule has 0 spiro atoms. The highest BCUT2D eigenvalue weighted by atomic mass is 35.5. The van der Waals surface area contributed by atoms with E-state index < -0.39 is 4.92 Å². The van der Waals surface area contributed by atoms with Gasteiger partial charge in [0.15, 0.2) is 0 Å². The SMILES string of the molecule is O=c1ccc2c(ccn2-c2c(Cl)cc([N+](=O)[O-])cc2Cl)n1C1CCOCC1. The quantitative estimate of drug-likeness (QED) is 0.477. The van der Waals surface area contributed by atoms with Crippen LogP contribution in [0, 0.1) is 10.1 Å². The number of fused-ring (bicyclic) bond motifs is 1. The van der Waals surface area contributed by atoms with Crippen molar-refractivity contribution in [3.63, 3.8) is 0 Å². The minimum Gasteiger partial charge on any atom is -0.381 e. The summed E-state index contributed by atoms with van der Waals surface area (Å²) in [5.74, 6) is 0. The van der Waals surface area contributed by atoms with Crippen molar-refractivity contribution in [2.45, 2.75) is 18.9 Å². The molecule has 0 N–H and O–H groups in total. The molecule has 1 fully saturated rings. The van der Waals surface area contributed by atoms with Gasteiger partial charge in [-0.3, -0.25) is 14.9 Å². The second-order valence-electron chi connectivity index (χ2n) is 6.36. The van der Waals surface area contributed by atoms with Gasteiger partial charge in [-0.1, -0.05) is 23.2 Å². The number of nitro groups is 1. The fraction of sp³-hybridized carbons (Fsp3) is 0.278. The Morgan fingerprint density at radius 2 is 1.74 bits per heavy atom. The molecule has 3 aromatic rings. The first-order valence-corrected chi connectivity index (χ1v) is 9.17. The third kappa shape index (κ3) is 3.12. The molecular weight excluding hydrogens is 393 g/mol. The van der Waals surface area contributed by atoms with Crippen molar-refractivity contribution in [2.24, 2.45) is 0 Å². The molecule has 0 bridgehead atoms. The van der Waals surface area contributed by atoms with Crippen LogP contribution in [0.15, 0.2) is 41.3 Å². The number of halogens is 2. The van der Waals surface area contributed by atoms with E-state index in [9.17, 15) is 14.9 Å². The zero-order valence-electron chi connectivity index (χ0n) is 14.1. The van der Waals surface area contributed by atoms with E-state index in [0.29, 0.717) is 18.9 Å². The van der Waals surface area contributed by atoms with E-state index in [2.05, 4.69) is 0 Å². The van der Waals surface area contributed by atoms with Crippen molar-refractivity contribution in [3.05, 3.63) is 67.0 Å². The Hall–Kier alpha value is -2.35. The van der Waals surface area contributed by atoms with Crippen molar-refractivity contribution in [2.75, 3.05) is 13.2 Å². The van der Waals surface area contributed by atoms with Gasteiger partial charge in [-0.05, 0) is 25.0 Å². The molecule has 0 amide bonds. The summed E-state index contributed by atoms with van der Waals surface area (Å²) in [5, 5.41) is 11.3. The number of non-ortho nitro benzene ring substituents is 1. The van der Waals surface area contributed by atoms with Crippen LogP contribution in [-0.4, -0.2) is 27.3 Å². The molecule has 9 heteroatoms. The topological polar surface area (TPSA) is 79.3 Å². The van der Waals surface area contributed by atoms with E-state index in [4.69, 9.17) is 27.9 Å². The van der Waals surface area contributed by atoms with Gasteiger partial charge in [-0.15, -0.1) is 0 Å². The Bertz CT molecular complexity index is 1080. The Morgan fingerprint density at radius 3 is 2.37 bits per heavy atom. The number of benzene rings is 1. The number of aromatic nitrogens is 2. The van der Waals surface area contributed by atoms with Crippen LogP contribution >= 0.6 is 23.2 Å². The highest BCUT2D eigenvalue weighted by Crippen LogP contribution is 2.35. The van der Waals surface area contributed by atoms with Gasteiger partial charge in [0.25, 0.3) is 11.2 Å². The van der Waals surface area contributed by atoms with Crippen molar-refractivity contribution in [3.8, 4) is 5.69 Å². The second kappa shape index (κ2) is 6.99. The van der Waals surface area contributed by atoms with Crippen molar-refractivity contribution in [1.29, 1.82) is 0 Å². The number of nitrogens with zero attached hydrogens (tertiary/aromatic N) is 3. The summed E-state index contributed by atoms with van der Waals surface area (Å²) in [6, 6.07) is 7.66. The summed E-state index contributed by atoms with van der Waals surface area (Å²) in [5.41, 5.74) is 1.70. The van der Waals surface area contributed by atoms with E-state index in [1.54, 1.807) is 21.4 Å². The molecule has 1 saturated heterocycles. The first-order chi connectivity index (χ1) is 13.0. The van der Waals surface area contributed by atoms with Crippen molar-refractivity contribution in [1.82, 2.24) is 9.13 Å².